The Morgan fingerprint density at radius 1 is 0.804 bits per heavy atom. The second-order valence-electron chi connectivity index (χ2n) is 11.3. The molecule has 0 bridgehead atoms. The molecule has 0 spiro atoms. The lowest BCUT2D eigenvalue weighted by atomic mass is 10.0. The van der Waals surface area contributed by atoms with Crippen LogP contribution in [0.3, 0.4) is 0 Å². The van der Waals surface area contributed by atoms with E-state index >= 15 is 0 Å². The number of hydrogen-bond acceptors (Lipinski definition) is 4. The first-order chi connectivity index (χ1) is 22.0. The molecule has 4 aromatic carbocycles. The third kappa shape index (κ3) is 9.12. The zero-order chi connectivity index (χ0) is 33.3. The minimum absolute atomic E-state index is 0.0141. The Balaban J connectivity index is 1.80. The van der Waals surface area contributed by atoms with E-state index in [-0.39, 0.29) is 39.5 Å². The van der Waals surface area contributed by atoms with Gasteiger partial charge >= 0.3 is 0 Å². The lowest BCUT2D eigenvalue weighted by molar-refractivity contribution is -0.140. The number of hydrogen-bond donors (Lipinski definition) is 1. The Kier molecular flexibility index (Phi) is 12.3. The van der Waals surface area contributed by atoms with Gasteiger partial charge in [-0.3, -0.25) is 13.9 Å². The number of carbonyl (C=O) groups excluding carboxylic acids is 2. The molecule has 0 saturated heterocycles. The van der Waals surface area contributed by atoms with Gasteiger partial charge in [0, 0.05) is 19.5 Å². The van der Waals surface area contributed by atoms with Gasteiger partial charge in [-0.1, -0.05) is 114 Å². The average Bonchev–Trinajstić information content (AvgIpc) is 3.04. The van der Waals surface area contributed by atoms with E-state index in [1.165, 1.54) is 35.2 Å². The van der Waals surface area contributed by atoms with Gasteiger partial charge in [-0.15, -0.1) is 0 Å². The summed E-state index contributed by atoms with van der Waals surface area (Å²) in [5, 5.41) is 3.39. The van der Waals surface area contributed by atoms with Gasteiger partial charge in [-0.25, -0.2) is 8.42 Å². The topological polar surface area (TPSA) is 86.8 Å². The molecule has 0 fully saturated rings. The van der Waals surface area contributed by atoms with E-state index in [9.17, 15) is 18.0 Å². The van der Waals surface area contributed by atoms with Crippen LogP contribution in [0.1, 0.15) is 42.0 Å². The van der Waals surface area contributed by atoms with E-state index in [1.54, 1.807) is 12.1 Å². The average molecular weight is 681 g/mol. The second-order valence-corrected chi connectivity index (χ2v) is 14.0. The minimum atomic E-state index is -4.25. The summed E-state index contributed by atoms with van der Waals surface area (Å²) in [6, 6.07) is 27.1. The highest BCUT2D eigenvalue weighted by atomic mass is 35.5. The number of benzene rings is 4. The fourth-order valence-electron chi connectivity index (χ4n) is 4.96. The molecule has 1 atom stereocenters. The predicted octanol–water partition coefficient (Wildman–Crippen LogP) is 7.36. The number of nitrogens with one attached hydrogen (secondary N) is 1. The Hall–Kier alpha value is -3.85. The summed E-state index contributed by atoms with van der Waals surface area (Å²) in [7, 11) is -4.25. The first-order valence-corrected chi connectivity index (χ1v) is 17.4. The van der Waals surface area contributed by atoms with Crippen molar-refractivity contribution in [2.45, 2.75) is 57.5 Å². The maximum atomic E-state index is 14.5. The van der Waals surface area contributed by atoms with E-state index in [0.29, 0.717) is 6.54 Å². The van der Waals surface area contributed by atoms with Crippen molar-refractivity contribution >= 4 is 50.7 Å². The number of rotatable bonds is 14. The number of sulfonamides is 1. The molecule has 0 aliphatic heterocycles. The smallest absolute Gasteiger partial charge is 0.264 e. The number of amides is 2. The minimum Gasteiger partial charge on any atom is -0.354 e. The molecule has 0 heterocycles. The van der Waals surface area contributed by atoms with E-state index < -0.39 is 28.5 Å². The summed E-state index contributed by atoms with van der Waals surface area (Å²) in [5.74, 6) is -0.853. The highest BCUT2D eigenvalue weighted by molar-refractivity contribution is 7.92. The maximum absolute atomic E-state index is 14.5. The molecule has 0 radical (unpaired) electrons. The first-order valence-electron chi connectivity index (χ1n) is 15.2. The molecule has 0 aliphatic carbocycles. The number of nitrogens with zero attached hydrogens (tertiary/aromatic N) is 2. The highest BCUT2D eigenvalue weighted by Gasteiger charge is 2.34. The van der Waals surface area contributed by atoms with E-state index in [1.807, 2.05) is 75.4 Å². The van der Waals surface area contributed by atoms with Crippen LogP contribution in [0.15, 0.2) is 102 Å². The summed E-state index contributed by atoms with van der Waals surface area (Å²) in [6.45, 7) is 5.84. The number of anilines is 1. The van der Waals surface area contributed by atoms with Crippen molar-refractivity contribution < 1.29 is 18.0 Å². The van der Waals surface area contributed by atoms with E-state index in [0.717, 1.165) is 39.4 Å². The standard InChI is InChI=1S/C36H39Cl2N3O4S/c1-4-5-21-39-36(43)34(22-28-9-7-6-8-10-28)40(24-29-15-11-26(2)12-16-29)35(42)25-41(30-17-20-32(37)33(38)23-30)46(44,45)31-18-13-27(3)14-19-31/h6-20,23,34H,4-5,21-22,24-25H2,1-3H3,(H,39,43). The molecule has 1 unspecified atom stereocenters. The zero-order valence-electron chi connectivity index (χ0n) is 26.2. The first kappa shape index (κ1) is 35.0. The monoisotopic (exact) mass is 679 g/mol. The molecule has 0 aromatic heterocycles. The maximum Gasteiger partial charge on any atom is 0.264 e. The molecule has 4 rings (SSSR count). The molecule has 0 saturated carbocycles. The molecular formula is C36H39Cl2N3O4S. The third-order valence-corrected chi connectivity index (χ3v) is 10.2. The fourth-order valence-corrected chi connectivity index (χ4v) is 6.66. The van der Waals surface area contributed by atoms with Gasteiger partial charge in [-0.05, 0) is 61.7 Å². The summed E-state index contributed by atoms with van der Waals surface area (Å²) < 4.78 is 29.4. The number of aryl methyl sites for hydroxylation is 2. The van der Waals surface area contributed by atoms with Crippen LogP contribution in [0.25, 0.3) is 0 Å². The van der Waals surface area contributed by atoms with Crippen molar-refractivity contribution in [3.63, 3.8) is 0 Å². The number of unbranched alkanes of at least 4 members (excludes halogenated alkanes) is 1. The van der Waals surface area contributed by atoms with Crippen LogP contribution in [-0.2, 0) is 32.6 Å². The van der Waals surface area contributed by atoms with Gasteiger partial charge in [0.25, 0.3) is 10.0 Å². The molecule has 4 aromatic rings. The molecule has 2 amide bonds. The lowest BCUT2D eigenvalue weighted by Crippen LogP contribution is -2.53. The quantitative estimate of drug-likeness (QED) is 0.141. The van der Waals surface area contributed by atoms with Crippen LogP contribution in [-0.4, -0.2) is 44.3 Å². The summed E-state index contributed by atoms with van der Waals surface area (Å²) in [6.07, 6.45) is 1.93. The third-order valence-electron chi connectivity index (χ3n) is 7.65. The van der Waals surface area contributed by atoms with Crippen molar-refractivity contribution in [3.05, 3.63) is 129 Å². The lowest BCUT2D eigenvalue weighted by Gasteiger charge is -2.34. The van der Waals surface area contributed by atoms with Gasteiger partial charge in [0.2, 0.25) is 11.8 Å². The molecule has 242 valence electrons. The Labute approximate surface area is 282 Å². The van der Waals surface area contributed by atoms with Gasteiger partial charge in [-0.2, -0.15) is 0 Å². The molecule has 46 heavy (non-hydrogen) atoms. The van der Waals surface area contributed by atoms with E-state index in [2.05, 4.69) is 5.32 Å². The fraction of sp³-hybridized carbons (Fsp3) is 0.278. The molecule has 7 nitrogen and oxygen atoms in total. The van der Waals surface area contributed by atoms with Crippen molar-refractivity contribution in [1.82, 2.24) is 10.2 Å². The summed E-state index contributed by atoms with van der Waals surface area (Å²) >= 11 is 12.5. The van der Waals surface area contributed by atoms with Gasteiger partial charge in [0.1, 0.15) is 12.6 Å². The van der Waals surface area contributed by atoms with Crippen LogP contribution in [0, 0.1) is 13.8 Å². The molecule has 10 heteroatoms. The normalized spacial score (nSPS) is 11.9. The van der Waals surface area contributed by atoms with Crippen molar-refractivity contribution in [3.8, 4) is 0 Å². The van der Waals surface area contributed by atoms with Crippen molar-refractivity contribution in [1.29, 1.82) is 0 Å². The predicted molar refractivity (Wildman–Crippen MR) is 186 cm³/mol. The Morgan fingerprint density at radius 2 is 1.43 bits per heavy atom. The number of halogens is 2. The molecular weight excluding hydrogens is 641 g/mol. The van der Waals surface area contributed by atoms with Crippen LogP contribution in [0.2, 0.25) is 10.0 Å². The molecule has 1 N–H and O–H groups in total. The summed E-state index contributed by atoms with van der Waals surface area (Å²) in [5.41, 5.74) is 3.79. The SMILES string of the molecule is CCCCNC(=O)C(Cc1ccccc1)N(Cc1ccc(C)cc1)C(=O)CN(c1ccc(Cl)c(Cl)c1)S(=O)(=O)c1ccc(C)cc1. The van der Waals surface area contributed by atoms with Gasteiger partial charge in [0.05, 0.1) is 20.6 Å². The zero-order valence-corrected chi connectivity index (χ0v) is 28.6. The largest absolute Gasteiger partial charge is 0.354 e. The Morgan fingerprint density at radius 3 is 2.04 bits per heavy atom. The van der Waals surface area contributed by atoms with Crippen LogP contribution >= 0.6 is 23.2 Å². The Bertz CT molecular complexity index is 1730. The molecule has 0 aliphatic rings. The van der Waals surface area contributed by atoms with Crippen LogP contribution in [0.5, 0.6) is 0 Å². The van der Waals surface area contributed by atoms with E-state index in [4.69, 9.17) is 23.2 Å². The summed E-state index contributed by atoms with van der Waals surface area (Å²) in [4.78, 5) is 29.9. The van der Waals surface area contributed by atoms with Crippen LogP contribution in [0.4, 0.5) is 5.69 Å². The second kappa shape index (κ2) is 16.1. The van der Waals surface area contributed by atoms with Crippen molar-refractivity contribution in [2.75, 3.05) is 17.4 Å². The van der Waals surface area contributed by atoms with Crippen molar-refractivity contribution in [2.24, 2.45) is 0 Å². The van der Waals surface area contributed by atoms with Crippen LogP contribution < -0.4 is 9.62 Å². The highest BCUT2D eigenvalue weighted by Crippen LogP contribution is 2.31. The number of carbonyl (C=O) groups is 2. The van der Waals surface area contributed by atoms with Gasteiger partial charge in [0.15, 0.2) is 0 Å². The van der Waals surface area contributed by atoms with Gasteiger partial charge < -0.3 is 10.2 Å².